The van der Waals surface area contributed by atoms with Crippen molar-refractivity contribution in [1.82, 2.24) is 0 Å². The van der Waals surface area contributed by atoms with Gasteiger partial charge in [-0.15, -0.1) is 0 Å². The molecule has 0 aliphatic heterocycles. The van der Waals surface area contributed by atoms with Gasteiger partial charge < -0.3 is 10.0 Å². The summed E-state index contributed by atoms with van der Waals surface area (Å²) in [7, 11) is 1.85. The summed E-state index contributed by atoms with van der Waals surface area (Å²) in [6.45, 7) is 4.02. The Morgan fingerprint density at radius 2 is 2.19 bits per heavy atom. The highest BCUT2D eigenvalue weighted by Crippen LogP contribution is 2.23. The number of nitro groups is 1. The van der Waals surface area contributed by atoms with Gasteiger partial charge in [0.2, 0.25) is 0 Å². The number of anilines is 1. The van der Waals surface area contributed by atoms with E-state index in [4.69, 9.17) is 0 Å². The van der Waals surface area contributed by atoms with E-state index in [0.717, 1.165) is 11.3 Å². The first-order valence-corrected chi connectivity index (χ1v) is 5.06. The lowest BCUT2D eigenvalue weighted by atomic mass is 10.1. The number of nitrogens with zero attached hydrogens (tertiary/aromatic N) is 2. The molecule has 1 N–H and O–H groups in total. The van der Waals surface area contributed by atoms with Crippen LogP contribution in [0.2, 0.25) is 0 Å². The van der Waals surface area contributed by atoms with E-state index in [9.17, 15) is 15.2 Å². The van der Waals surface area contributed by atoms with E-state index in [2.05, 4.69) is 0 Å². The van der Waals surface area contributed by atoms with E-state index in [1.165, 1.54) is 12.1 Å². The summed E-state index contributed by atoms with van der Waals surface area (Å²) in [6, 6.07) is 4.71. The smallest absolute Gasteiger partial charge is 0.269 e. The first-order valence-electron chi connectivity index (χ1n) is 5.06. The van der Waals surface area contributed by atoms with Gasteiger partial charge in [0, 0.05) is 31.4 Å². The lowest BCUT2D eigenvalue weighted by molar-refractivity contribution is -0.384. The van der Waals surface area contributed by atoms with Crippen LogP contribution >= 0.6 is 0 Å². The molecule has 0 fully saturated rings. The van der Waals surface area contributed by atoms with Gasteiger partial charge in [0.15, 0.2) is 0 Å². The molecule has 1 aromatic rings. The van der Waals surface area contributed by atoms with Gasteiger partial charge in [-0.3, -0.25) is 10.1 Å². The summed E-state index contributed by atoms with van der Waals surface area (Å²) in [5, 5.41) is 19.8. The van der Waals surface area contributed by atoms with Gasteiger partial charge in [0.25, 0.3) is 5.69 Å². The van der Waals surface area contributed by atoms with E-state index in [1.807, 2.05) is 18.9 Å². The maximum absolute atomic E-state index is 10.6. The van der Waals surface area contributed by atoms with Crippen LogP contribution in [0.5, 0.6) is 0 Å². The van der Waals surface area contributed by atoms with Crippen molar-refractivity contribution in [2.45, 2.75) is 20.0 Å². The second-order valence-corrected chi connectivity index (χ2v) is 3.96. The third-order valence-corrected chi connectivity index (χ3v) is 2.34. The van der Waals surface area contributed by atoms with E-state index < -0.39 is 11.0 Å². The minimum atomic E-state index is -0.431. The van der Waals surface area contributed by atoms with Crippen molar-refractivity contribution in [3.8, 4) is 0 Å². The van der Waals surface area contributed by atoms with Crippen molar-refractivity contribution in [2.24, 2.45) is 0 Å². The number of hydrogen-bond acceptors (Lipinski definition) is 4. The third-order valence-electron chi connectivity index (χ3n) is 2.34. The van der Waals surface area contributed by atoms with Gasteiger partial charge in [0.05, 0.1) is 11.0 Å². The van der Waals surface area contributed by atoms with Gasteiger partial charge in [-0.1, -0.05) is 0 Å². The average Bonchev–Trinajstić information content (AvgIpc) is 2.15. The van der Waals surface area contributed by atoms with E-state index in [1.54, 1.807) is 13.0 Å². The summed E-state index contributed by atoms with van der Waals surface area (Å²) < 4.78 is 0. The number of aliphatic hydroxyl groups excluding tert-OH is 1. The molecule has 1 unspecified atom stereocenters. The van der Waals surface area contributed by atoms with Gasteiger partial charge in [0.1, 0.15) is 0 Å². The molecule has 1 aromatic carbocycles. The van der Waals surface area contributed by atoms with Crippen molar-refractivity contribution < 1.29 is 10.0 Å². The van der Waals surface area contributed by atoms with Crippen LogP contribution < -0.4 is 4.90 Å². The molecule has 1 rings (SSSR count). The Hall–Kier alpha value is -1.62. The molecule has 0 spiro atoms. The monoisotopic (exact) mass is 224 g/mol. The number of aliphatic hydroxyl groups is 1. The van der Waals surface area contributed by atoms with Crippen LogP contribution in [0, 0.1) is 17.0 Å². The molecule has 5 heteroatoms. The predicted molar refractivity (Wildman–Crippen MR) is 62.8 cm³/mol. The van der Waals surface area contributed by atoms with Gasteiger partial charge in [-0.25, -0.2) is 0 Å². The van der Waals surface area contributed by atoms with Gasteiger partial charge in [-0.05, 0) is 25.5 Å². The van der Waals surface area contributed by atoms with Crippen molar-refractivity contribution in [3.05, 3.63) is 33.9 Å². The first-order chi connectivity index (χ1) is 7.41. The van der Waals surface area contributed by atoms with Crippen LogP contribution in [-0.2, 0) is 0 Å². The summed E-state index contributed by atoms with van der Waals surface area (Å²) in [6.07, 6.45) is -0.431. The van der Waals surface area contributed by atoms with Crippen LogP contribution in [0.15, 0.2) is 18.2 Å². The molecule has 0 aliphatic rings. The summed E-state index contributed by atoms with van der Waals surface area (Å²) in [4.78, 5) is 12.0. The topological polar surface area (TPSA) is 66.6 Å². The third kappa shape index (κ3) is 2.93. The zero-order chi connectivity index (χ0) is 12.3. The molecule has 88 valence electrons. The number of benzene rings is 1. The standard InChI is InChI=1S/C11H16N2O3/c1-8-6-10(13(15)16)4-5-11(8)12(3)7-9(2)14/h4-6,9,14H,7H2,1-3H3. The Morgan fingerprint density at radius 1 is 1.56 bits per heavy atom. The second kappa shape index (κ2) is 4.94. The largest absolute Gasteiger partial charge is 0.392 e. The molecule has 0 heterocycles. The van der Waals surface area contributed by atoms with Crippen LogP contribution in [0.25, 0.3) is 0 Å². The second-order valence-electron chi connectivity index (χ2n) is 3.96. The molecule has 0 aliphatic carbocycles. The lowest BCUT2D eigenvalue weighted by Gasteiger charge is -2.22. The highest BCUT2D eigenvalue weighted by Gasteiger charge is 2.11. The molecule has 0 saturated heterocycles. The fourth-order valence-corrected chi connectivity index (χ4v) is 1.68. The predicted octanol–water partition coefficient (Wildman–Crippen LogP) is 1.72. The van der Waals surface area contributed by atoms with E-state index in [-0.39, 0.29) is 5.69 Å². The van der Waals surface area contributed by atoms with Crippen LogP contribution in [0.4, 0.5) is 11.4 Å². The number of hydrogen-bond donors (Lipinski definition) is 1. The van der Waals surface area contributed by atoms with Gasteiger partial charge >= 0.3 is 0 Å². The maximum Gasteiger partial charge on any atom is 0.269 e. The van der Waals surface area contributed by atoms with Crippen LogP contribution in [0.3, 0.4) is 0 Å². The summed E-state index contributed by atoms with van der Waals surface area (Å²) in [5.74, 6) is 0. The van der Waals surface area contributed by atoms with Crippen molar-refractivity contribution >= 4 is 11.4 Å². The average molecular weight is 224 g/mol. The van der Waals surface area contributed by atoms with E-state index >= 15 is 0 Å². The molecule has 0 radical (unpaired) electrons. The van der Waals surface area contributed by atoms with Crippen molar-refractivity contribution in [1.29, 1.82) is 0 Å². The minimum Gasteiger partial charge on any atom is -0.392 e. The molecule has 0 bridgehead atoms. The fourth-order valence-electron chi connectivity index (χ4n) is 1.68. The fraction of sp³-hybridized carbons (Fsp3) is 0.455. The maximum atomic E-state index is 10.6. The Morgan fingerprint density at radius 3 is 2.62 bits per heavy atom. The number of non-ortho nitro benzene ring substituents is 1. The van der Waals surface area contributed by atoms with Crippen LogP contribution in [-0.4, -0.2) is 29.7 Å². The normalized spacial score (nSPS) is 12.2. The summed E-state index contributed by atoms with van der Waals surface area (Å²) >= 11 is 0. The van der Waals surface area contributed by atoms with Crippen molar-refractivity contribution in [2.75, 3.05) is 18.5 Å². The highest BCUT2D eigenvalue weighted by atomic mass is 16.6. The molecule has 16 heavy (non-hydrogen) atoms. The molecule has 0 aromatic heterocycles. The number of rotatable bonds is 4. The SMILES string of the molecule is Cc1cc([N+](=O)[O-])ccc1N(C)CC(C)O. The quantitative estimate of drug-likeness (QED) is 0.624. The minimum absolute atomic E-state index is 0.0895. The molecule has 0 saturated carbocycles. The Labute approximate surface area is 94.5 Å². The molecule has 1 atom stereocenters. The first kappa shape index (κ1) is 12.4. The van der Waals surface area contributed by atoms with Gasteiger partial charge in [-0.2, -0.15) is 0 Å². The zero-order valence-electron chi connectivity index (χ0n) is 9.67. The molecular weight excluding hydrogens is 208 g/mol. The number of likely N-dealkylation sites (N-methyl/N-ethyl adjacent to an activating group) is 1. The number of aryl methyl sites for hydroxylation is 1. The summed E-state index contributed by atoms with van der Waals surface area (Å²) in [5.41, 5.74) is 1.82. The van der Waals surface area contributed by atoms with E-state index in [0.29, 0.717) is 6.54 Å². The lowest BCUT2D eigenvalue weighted by Crippen LogP contribution is -2.27. The Kier molecular flexibility index (Phi) is 3.84. The van der Waals surface area contributed by atoms with Crippen LogP contribution in [0.1, 0.15) is 12.5 Å². The number of nitro benzene ring substituents is 1. The zero-order valence-corrected chi connectivity index (χ0v) is 9.67. The Balaban J connectivity index is 2.94. The molecule has 5 nitrogen and oxygen atoms in total. The molecular formula is C11H16N2O3. The Bertz CT molecular complexity index is 391. The van der Waals surface area contributed by atoms with Crippen molar-refractivity contribution in [3.63, 3.8) is 0 Å². The highest BCUT2D eigenvalue weighted by molar-refractivity contribution is 5.56. The molecule has 0 amide bonds.